The van der Waals surface area contributed by atoms with Gasteiger partial charge in [0.05, 0.1) is 0 Å². The molecule has 2 N–H and O–H groups in total. The molecule has 0 heterocycles. The van der Waals surface area contributed by atoms with E-state index in [1.165, 1.54) is 18.4 Å². The topological polar surface area (TPSA) is 49.3 Å². The van der Waals surface area contributed by atoms with Crippen molar-refractivity contribution < 1.29 is 9.90 Å². The standard InChI is InChI=1S/C15H23NO2/c1-3-4-5-13-6-8-14(9-7-13)15(18)16-10-12(2)11-17/h6-9,12,17H,3-5,10-11H2,1-2H3,(H,16,18). The number of rotatable bonds is 7. The van der Waals surface area contributed by atoms with Crippen molar-refractivity contribution >= 4 is 5.91 Å². The second kappa shape index (κ2) is 7.88. The van der Waals surface area contributed by atoms with Crippen LogP contribution in [-0.4, -0.2) is 24.2 Å². The first-order valence-electron chi connectivity index (χ1n) is 6.65. The van der Waals surface area contributed by atoms with E-state index in [0.717, 1.165) is 6.42 Å². The lowest BCUT2D eigenvalue weighted by Gasteiger charge is -2.10. The van der Waals surface area contributed by atoms with Gasteiger partial charge in [-0.15, -0.1) is 0 Å². The van der Waals surface area contributed by atoms with Crippen LogP contribution in [0.15, 0.2) is 24.3 Å². The predicted octanol–water partition coefficient (Wildman–Crippen LogP) is 2.39. The van der Waals surface area contributed by atoms with Crippen LogP contribution in [0.25, 0.3) is 0 Å². The third-order valence-corrected chi connectivity index (χ3v) is 2.96. The Morgan fingerprint density at radius 2 is 2.00 bits per heavy atom. The van der Waals surface area contributed by atoms with Gasteiger partial charge in [0.1, 0.15) is 0 Å². The van der Waals surface area contributed by atoms with Crippen molar-refractivity contribution in [2.75, 3.05) is 13.2 Å². The number of carbonyl (C=O) groups is 1. The molecule has 1 aromatic carbocycles. The number of nitrogens with one attached hydrogen (secondary N) is 1. The van der Waals surface area contributed by atoms with Crippen molar-refractivity contribution in [2.24, 2.45) is 5.92 Å². The third-order valence-electron chi connectivity index (χ3n) is 2.96. The normalized spacial score (nSPS) is 12.2. The van der Waals surface area contributed by atoms with Crippen LogP contribution < -0.4 is 5.32 Å². The maximum absolute atomic E-state index is 11.8. The van der Waals surface area contributed by atoms with Gasteiger partial charge in [0.15, 0.2) is 0 Å². The summed E-state index contributed by atoms with van der Waals surface area (Å²) in [6, 6.07) is 7.76. The minimum absolute atomic E-state index is 0.0719. The molecule has 0 aliphatic heterocycles. The average Bonchev–Trinajstić information content (AvgIpc) is 2.42. The summed E-state index contributed by atoms with van der Waals surface area (Å²) in [5.41, 5.74) is 1.96. The molecular formula is C15H23NO2. The lowest BCUT2D eigenvalue weighted by Crippen LogP contribution is -2.29. The van der Waals surface area contributed by atoms with E-state index in [9.17, 15) is 4.79 Å². The van der Waals surface area contributed by atoms with E-state index in [1.807, 2.05) is 31.2 Å². The zero-order chi connectivity index (χ0) is 13.4. The van der Waals surface area contributed by atoms with Gasteiger partial charge in [-0.05, 0) is 36.5 Å². The Labute approximate surface area is 109 Å². The molecule has 1 unspecified atom stereocenters. The summed E-state index contributed by atoms with van der Waals surface area (Å²) < 4.78 is 0. The van der Waals surface area contributed by atoms with Crippen LogP contribution in [0.1, 0.15) is 42.6 Å². The zero-order valence-electron chi connectivity index (χ0n) is 11.3. The molecule has 1 aromatic rings. The zero-order valence-corrected chi connectivity index (χ0v) is 11.3. The van der Waals surface area contributed by atoms with Gasteiger partial charge in [0.2, 0.25) is 0 Å². The van der Waals surface area contributed by atoms with Crippen LogP contribution in [0.3, 0.4) is 0 Å². The van der Waals surface area contributed by atoms with Gasteiger partial charge in [-0.3, -0.25) is 4.79 Å². The van der Waals surface area contributed by atoms with Crippen molar-refractivity contribution in [3.05, 3.63) is 35.4 Å². The molecule has 1 atom stereocenters. The Balaban J connectivity index is 2.48. The quantitative estimate of drug-likeness (QED) is 0.779. The molecule has 18 heavy (non-hydrogen) atoms. The minimum atomic E-state index is -0.0719. The summed E-state index contributed by atoms with van der Waals surface area (Å²) in [5.74, 6) is 0.0233. The molecule has 0 aliphatic rings. The molecule has 0 aliphatic carbocycles. The van der Waals surface area contributed by atoms with Crippen LogP contribution in [0, 0.1) is 5.92 Å². The summed E-state index contributed by atoms with van der Waals surface area (Å²) in [6.07, 6.45) is 3.43. The lowest BCUT2D eigenvalue weighted by molar-refractivity contribution is 0.0942. The molecule has 3 nitrogen and oxygen atoms in total. The van der Waals surface area contributed by atoms with E-state index in [4.69, 9.17) is 5.11 Å². The summed E-state index contributed by atoms with van der Waals surface area (Å²) >= 11 is 0. The summed E-state index contributed by atoms with van der Waals surface area (Å²) in [6.45, 7) is 4.67. The molecule has 100 valence electrons. The van der Waals surface area contributed by atoms with E-state index in [2.05, 4.69) is 12.2 Å². The Kier molecular flexibility index (Phi) is 6.44. The number of amides is 1. The smallest absolute Gasteiger partial charge is 0.251 e. The number of aryl methyl sites for hydroxylation is 1. The van der Waals surface area contributed by atoms with E-state index < -0.39 is 0 Å². The fraction of sp³-hybridized carbons (Fsp3) is 0.533. The molecule has 0 saturated heterocycles. The fourth-order valence-electron chi connectivity index (χ4n) is 1.64. The lowest BCUT2D eigenvalue weighted by atomic mass is 10.1. The largest absolute Gasteiger partial charge is 0.396 e. The molecule has 0 radical (unpaired) electrons. The second-order valence-corrected chi connectivity index (χ2v) is 4.80. The minimum Gasteiger partial charge on any atom is -0.396 e. The molecule has 0 spiro atoms. The van der Waals surface area contributed by atoms with E-state index in [1.54, 1.807) is 0 Å². The first-order valence-corrected chi connectivity index (χ1v) is 6.65. The van der Waals surface area contributed by atoms with Gasteiger partial charge in [0.25, 0.3) is 5.91 Å². The maximum atomic E-state index is 11.8. The average molecular weight is 249 g/mol. The maximum Gasteiger partial charge on any atom is 0.251 e. The summed E-state index contributed by atoms with van der Waals surface area (Å²) in [4.78, 5) is 11.8. The molecular weight excluding hydrogens is 226 g/mol. The van der Waals surface area contributed by atoms with Crippen molar-refractivity contribution in [1.82, 2.24) is 5.32 Å². The number of hydrogen-bond donors (Lipinski definition) is 2. The monoisotopic (exact) mass is 249 g/mol. The van der Waals surface area contributed by atoms with Gasteiger partial charge in [-0.25, -0.2) is 0 Å². The van der Waals surface area contributed by atoms with Crippen LogP contribution in [0.4, 0.5) is 0 Å². The molecule has 0 saturated carbocycles. The molecule has 0 fully saturated rings. The molecule has 0 bridgehead atoms. The van der Waals surface area contributed by atoms with Gasteiger partial charge >= 0.3 is 0 Å². The first kappa shape index (κ1) is 14.7. The van der Waals surface area contributed by atoms with Gasteiger partial charge < -0.3 is 10.4 Å². The Bertz CT molecular complexity index is 359. The molecule has 3 heteroatoms. The van der Waals surface area contributed by atoms with Gasteiger partial charge in [-0.2, -0.15) is 0 Å². The SMILES string of the molecule is CCCCc1ccc(C(=O)NCC(C)CO)cc1. The van der Waals surface area contributed by atoms with Crippen LogP contribution in [-0.2, 0) is 6.42 Å². The number of carbonyl (C=O) groups excluding carboxylic acids is 1. The van der Waals surface area contributed by atoms with E-state index in [-0.39, 0.29) is 18.4 Å². The van der Waals surface area contributed by atoms with Crippen LogP contribution >= 0.6 is 0 Å². The summed E-state index contributed by atoms with van der Waals surface area (Å²) in [7, 11) is 0. The van der Waals surface area contributed by atoms with Crippen molar-refractivity contribution in [3.63, 3.8) is 0 Å². The second-order valence-electron chi connectivity index (χ2n) is 4.80. The highest BCUT2D eigenvalue weighted by Crippen LogP contribution is 2.08. The number of hydrogen-bond acceptors (Lipinski definition) is 2. The van der Waals surface area contributed by atoms with Crippen molar-refractivity contribution in [2.45, 2.75) is 33.1 Å². The Morgan fingerprint density at radius 3 is 2.56 bits per heavy atom. The third kappa shape index (κ3) is 4.88. The number of aliphatic hydroxyl groups is 1. The molecule has 0 aromatic heterocycles. The molecule has 1 rings (SSSR count). The number of benzene rings is 1. The highest BCUT2D eigenvalue weighted by Gasteiger charge is 2.07. The van der Waals surface area contributed by atoms with Crippen molar-refractivity contribution in [1.29, 1.82) is 0 Å². The number of unbranched alkanes of at least 4 members (excludes halogenated alkanes) is 1. The number of aliphatic hydroxyl groups excluding tert-OH is 1. The van der Waals surface area contributed by atoms with Gasteiger partial charge in [0, 0.05) is 18.7 Å². The Morgan fingerprint density at radius 1 is 1.33 bits per heavy atom. The highest BCUT2D eigenvalue weighted by molar-refractivity contribution is 5.94. The highest BCUT2D eigenvalue weighted by atomic mass is 16.3. The van der Waals surface area contributed by atoms with Crippen LogP contribution in [0.5, 0.6) is 0 Å². The summed E-state index contributed by atoms with van der Waals surface area (Å²) in [5, 5.41) is 11.7. The van der Waals surface area contributed by atoms with Crippen LogP contribution in [0.2, 0.25) is 0 Å². The van der Waals surface area contributed by atoms with Crippen molar-refractivity contribution in [3.8, 4) is 0 Å². The Hall–Kier alpha value is -1.35. The van der Waals surface area contributed by atoms with Gasteiger partial charge in [-0.1, -0.05) is 32.4 Å². The van der Waals surface area contributed by atoms with E-state index >= 15 is 0 Å². The first-order chi connectivity index (χ1) is 8.67. The fourth-order valence-corrected chi connectivity index (χ4v) is 1.64. The predicted molar refractivity (Wildman–Crippen MR) is 73.6 cm³/mol. The molecule has 1 amide bonds. The van der Waals surface area contributed by atoms with E-state index in [0.29, 0.717) is 12.1 Å².